The van der Waals surface area contributed by atoms with Crippen LogP contribution in [-0.4, -0.2) is 30.4 Å². The zero-order valence-corrected chi connectivity index (χ0v) is 15.6. The molecule has 26 heavy (non-hydrogen) atoms. The van der Waals surface area contributed by atoms with E-state index in [9.17, 15) is 13.5 Å². The molecule has 2 fully saturated rings. The summed E-state index contributed by atoms with van der Waals surface area (Å²) in [6, 6.07) is 18.3. The molecule has 0 spiro atoms. The lowest BCUT2D eigenvalue weighted by Gasteiger charge is -2.51. The van der Waals surface area contributed by atoms with Crippen LogP contribution in [0.2, 0.25) is 0 Å². The second-order valence-corrected chi connectivity index (χ2v) is 9.32. The van der Waals surface area contributed by atoms with Gasteiger partial charge in [0.05, 0.1) is 10.5 Å². The average Bonchev–Trinajstić information content (AvgIpc) is 2.69. The summed E-state index contributed by atoms with van der Waals surface area (Å²) in [5.41, 5.74) is -0.0386. The minimum absolute atomic E-state index is 0.0640. The molecule has 0 unspecified atom stereocenters. The first-order valence-corrected chi connectivity index (χ1v) is 10.8. The topological polar surface area (TPSA) is 57.6 Å². The van der Waals surface area contributed by atoms with Crippen molar-refractivity contribution in [1.29, 1.82) is 0 Å². The lowest BCUT2D eigenvalue weighted by Crippen LogP contribution is -2.58. The maximum absolute atomic E-state index is 13.2. The highest BCUT2D eigenvalue weighted by Crippen LogP contribution is 2.48. The molecule has 1 saturated carbocycles. The highest BCUT2D eigenvalue weighted by atomic mass is 32.2. The molecule has 0 bridgehead atoms. The normalized spacial score (nSPS) is 29.9. The van der Waals surface area contributed by atoms with Gasteiger partial charge in [0.15, 0.2) is 0 Å². The number of nitrogens with zero attached hydrogens (tertiary/aromatic N) is 1. The average molecular weight is 372 g/mol. The van der Waals surface area contributed by atoms with Gasteiger partial charge in [-0.1, -0.05) is 61.4 Å². The van der Waals surface area contributed by atoms with E-state index >= 15 is 0 Å². The van der Waals surface area contributed by atoms with Crippen LogP contribution in [-0.2, 0) is 15.6 Å². The van der Waals surface area contributed by atoms with Crippen LogP contribution in [0.5, 0.6) is 0 Å². The third kappa shape index (κ3) is 2.88. The number of aliphatic hydroxyl groups is 1. The summed E-state index contributed by atoms with van der Waals surface area (Å²) in [6.07, 6.45) is 4.15. The van der Waals surface area contributed by atoms with Crippen LogP contribution in [0.25, 0.3) is 0 Å². The van der Waals surface area contributed by atoms with E-state index in [2.05, 4.69) is 0 Å². The van der Waals surface area contributed by atoms with Gasteiger partial charge >= 0.3 is 0 Å². The molecule has 138 valence electrons. The van der Waals surface area contributed by atoms with Crippen LogP contribution in [0.4, 0.5) is 0 Å². The summed E-state index contributed by atoms with van der Waals surface area (Å²) in [6.45, 7) is 0.351. The molecule has 2 aliphatic rings. The first kappa shape index (κ1) is 17.7. The van der Waals surface area contributed by atoms with Gasteiger partial charge in [-0.15, -0.1) is 0 Å². The molecule has 0 radical (unpaired) electrons. The number of piperidine rings is 1. The minimum atomic E-state index is -3.54. The molecule has 0 aromatic heterocycles. The first-order valence-electron chi connectivity index (χ1n) is 9.38. The molecule has 2 aromatic rings. The Morgan fingerprint density at radius 3 is 2.23 bits per heavy atom. The van der Waals surface area contributed by atoms with Gasteiger partial charge in [-0.05, 0) is 37.0 Å². The van der Waals surface area contributed by atoms with Crippen molar-refractivity contribution >= 4 is 10.0 Å². The largest absolute Gasteiger partial charge is 0.385 e. The van der Waals surface area contributed by atoms with Crippen molar-refractivity contribution < 1.29 is 13.5 Å². The third-order valence-electron chi connectivity index (χ3n) is 6.05. The number of fused-ring (bicyclic) bond motifs is 1. The molecule has 5 heteroatoms. The van der Waals surface area contributed by atoms with E-state index in [1.165, 1.54) is 0 Å². The molecule has 1 heterocycles. The van der Waals surface area contributed by atoms with Crippen molar-refractivity contribution in [2.75, 3.05) is 6.54 Å². The fourth-order valence-corrected chi connectivity index (χ4v) is 6.47. The van der Waals surface area contributed by atoms with E-state index in [1.807, 2.05) is 36.4 Å². The van der Waals surface area contributed by atoms with Crippen LogP contribution in [0.15, 0.2) is 65.6 Å². The Labute approximate surface area is 155 Å². The Bertz CT molecular complexity index is 853. The highest BCUT2D eigenvalue weighted by Gasteiger charge is 2.52. The van der Waals surface area contributed by atoms with E-state index < -0.39 is 15.6 Å². The SMILES string of the molecule is O=S(=O)(c1ccccc1)N1CC[C@](O)(c2ccccc2)[C@H]2CCCC[C@H]21. The van der Waals surface area contributed by atoms with Crippen LogP contribution in [0, 0.1) is 5.92 Å². The van der Waals surface area contributed by atoms with Gasteiger partial charge in [0, 0.05) is 18.5 Å². The zero-order chi connectivity index (χ0) is 18.2. The van der Waals surface area contributed by atoms with Gasteiger partial charge in [-0.25, -0.2) is 8.42 Å². The second-order valence-electron chi connectivity index (χ2n) is 7.43. The number of benzene rings is 2. The third-order valence-corrected chi connectivity index (χ3v) is 7.99. The van der Waals surface area contributed by atoms with Crippen molar-refractivity contribution in [3.8, 4) is 0 Å². The molecule has 0 amide bonds. The molecule has 4 nitrogen and oxygen atoms in total. The summed E-state index contributed by atoms with van der Waals surface area (Å²) < 4.78 is 28.1. The first-order chi connectivity index (χ1) is 12.5. The Balaban J connectivity index is 1.72. The molecule has 1 aliphatic carbocycles. The van der Waals surface area contributed by atoms with Crippen LogP contribution in [0.1, 0.15) is 37.7 Å². The Morgan fingerprint density at radius 1 is 0.923 bits per heavy atom. The Kier molecular flexibility index (Phi) is 4.63. The maximum atomic E-state index is 13.2. The highest BCUT2D eigenvalue weighted by molar-refractivity contribution is 7.89. The van der Waals surface area contributed by atoms with Crippen LogP contribution in [0.3, 0.4) is 0 Å². The fraction of sp³-hybridized carbons (Fsp3) is 0.429. The number of hydrogen-bond donors (Lipinski definition) is 1. The van der Waals surface area contributed by atoms with Gasteiger partial charge in [-0.2, -0.15) is 4.31 Å². The molecule has 1 N–H and O–H groups in total. The molecular formula is C21H25NO3S. The number of hydrogen-bond acceptors (Lipinski definition) is 3. The Hall–Kier alpha value is -1.69. The van der Waals surface area contributed by atoms with E-state index in [-0.39, 0.29) is 12.0 Å². The number of rotatable bonds is 3. The smallest absolute Gasteiger partial charge is 0.243 e. The quantitative estimate of drug-likeness (QED) is 0.898. The van der Waals surface area contributed by atoms with E-state index in [0.717, 1.165) is 31.2 Å². The summed E-state index contributed by atoms with van der Waals surface area (Å²) in [4.78, 5) is 0.342. The predicted molar refractivity (Wildman–Crippen MR) is 101 cm³/mol. The summed E-state index contributed by atoms with van der Waals surface area (Å²) in [7, 11) is -3.54. The Morgan fingerprint density at radius 2 is 1.54 bits per heavy atom. The molecule has 1 aliphatic heterocycles. The van der Waals surface area contributed by atoms with Crippen LogP contribution >= 0.6 is 0 Å². The van der Waals surface area contributed by atoms with Crippen molar-refractivity contribution in [3.63, 3.8) is 0 Å². The van der Waals surface area contributed by atoms with Gasteiger partial charge in [0.1, 0.15) is 0 Å². The van der Waals surface area contributed by atoms with Gasteiger partial charge < -0.3 is 5.11 Å². The maximum Gasteiger partial charge on any atom is 0.243 e. The molecule has 3 atom stereocenters. The lowest BCUT2D eigenvalue weighted by molar-refractivity contribution is -0.100. The van der Waals surface area contributed by atoms with Gasteiger partial charge in [0.2, 0.25) is 10.0 Å². The second kappa shape index (κ2) is 6.80. The van der Waals surface area contributed by atoms with Crippen molar-refractivity contribution in [2.45, 2.75) is 48.6 Å². The molecular weight excluding hydrogens is 346 g/mol. The summed E-state index contributed by atoms with van der Waals surface area (Å²) in [5.74, 6) is -0.0640. The monoisotopic (exact) mass is 371 g/mol. The molecule has 4 rings (SSSR count). The summed E-state index contributed by atoms with van der Waals surface area (Å²) in [5, 5.41) is 11.6. The van der Waals surface area contributed by atoms with Gasteiger partial charge in [-0.3, -0.25) is 0 Å². The van der Waals surface area contributed by atoms with E-state index in [0.29, 0.717) is 17.9 Å². The standard InChI is InChI=1S/C21H25NO3S/c23-21(17-9-3-1-4-10-17)15-16-22(20-14-8-7-13-19(20)21)26(24,25)18-11-5-2-6-12-18/h1-6,9-12,19-20,23H,7-8,13-16H2/t19-,20+,21-/m0/s1. The van der Waals surface area contributed by atoms with Crippen LogP contribution < -0.4 is 0 Å². The predicted octanol–water partition coefficient (Wildman–Crippen LogP) is 3.53. The van der Waals surface area contributed by atoms with Crippen molar-refractivity contribution in [3.05, 3.63) is 66.2 Å². The molecule has 1 saturated heterocycles. The van der Waals surface area contributed by atoms with Crippen molar-refractivity contribution in [2.24, 2.45) is 5.92 Å². The molecule has 2 aromatic carbocycles. The number of sulfonamides is 1. The van der Waals surface area contributed by atoms with Gasteiger partial charge in [0.25, 0.3) is 0 Å². The summed E-state index contributed by atoms with van der Waals surface area (Å²) >= 11 is 0. The van der Waals surface area contributed by atoms with E-state index in [1.54, 1.807) is 28.6 Å². The van der Waals surface area contributed by atoms with E-state index in [4.69, 9.17) is 0 Å². The minimum Gasteiger partial charge on any atom is -0.385 e. The van der Waals surface area contributed by atoms with Crippen molar-refractivity contribution in [1.82, 2.24) is 4.31 Å². The zero-order valence-electron chi connectivity index (χ0n) is 14.8. The fourth-order valence-electron chi connectivity index (χ4n) is 4.76. The lowest BCUT2D eigenvalue weighted by atomic mass is 9.67.